The van der Waals surface area contributed by atoms with Crippen molar-refractivity contribution >= 4 is 17.7 Å². The van der Waals surface area contributed by atoms with Crippen LogP contribution in [-0.2, 0) is 4.79 Å². The lowest BCUT2D eigenvalue weighted by Gasteiger charge is -2.30. The molecule has 1 N–H and O–H groups in total. The first-order chi connectivity index (χ1) is 10.1. The quantitative estimate of drug-likeness (QED) is 0.869. The van der Waals surface area contributed by atoms with Crippen molar-refractivity contribution in [2.45, 2.75) is 56.3 Å². The number of thioether (sulfide) groups is 1. The SMILES string of the molecule is CSc1ccc(C2NC(C)C(=O)N2C2CCC(C)C2)cc1. The van der Waals surface area contributed by atoms with Gasteiger partial charge in [0.25, 0.3) is 0 Å². The van der Waals surface area contributed by atoms with Crippen LogP contribution in [0.3, 0.4) is 0 Å². The molecule has 4 heteroatoms. The van der Waals surface area contributed by atoms with Gasteiger partial charge in [-0.25, -0.2) is 0 Å². The van der Waals surface area contributed by atoms with E-state index in [-0.39, 0.29) is 18.1 Å². The van der Waals surface area contributed by atoms with Crippen molar-refractivity contribution in [3.05, 3.63) is 29.8 Å². The van der Waals surface area contributed by atoms with Crippen molar-refractivity contribution in [2.75, 3.05) is 6.26 Å². The van der Waals surface area contributed by atoms with Crippen molar-refractivity contribution in [1.29, 1.82) is 0 Å². The second-order valence-corrected chi connectivity index (χ2v) is 7.26. The van der Waals surface area contributed by atoms with Gasteiger partial charge in [0.2, 0.25) is 5.91 Å². The lowest BCUT2D eigenvalue weighted by molar-refractivity contribution is -0.132. The van der Waals surface area contributed by atoms with E-state index in [1.165, 1.54) is 16.9 Å². The molecule has 114 valence electrons. The summed E-state index contributed by atoms with van der Waals surface area (Å²) in [7, 11) is 0. The Morgan fingerprint density at radius 3 is 2.48 bits per heavy atom. The second-order valence-electron chi connectivity index (χ2n) is 6.38. The molecule has 1 aliphatic carbocycles. The van der Waals surface area contributed by atoms with Crippen molar-refractivity contribution in [3.63, 3.8) is 0 Å². The Labute approximate surface area is 131 Å². The fraction of sp³-hybridized carbons (Fsp3) is 0.588. The first-order valence-electron chi connectivity index (χ1n) is 7.82. The molecule has 1 aromatic carbocycles. The van der Waals surface area contributed by atoms with Crippen molar-refractivity contribution < 1.29 is 4.79 Å². The average Bonchev–Trinajstić information content (AvgIpc) is 3.04. The Morgan fingerprint density at radius 2 is 1.90 bits per heavy atom. The molecule has 3 nitrogen and oxygen atoms in total. The van der Waals surface area contributed by atoms with Gasteiger partial charge in [0, 0.05) is 10.9 Å². The number of carbonyl (C=O) groups excluding carboxylic acids is 1. The van der Waals surface area contributed by atoms with E-state index in [0.29, 0.717) is 6.04 Å². The highest BCUT2D eigenvalue weighted by atomic mass is 32.2. The molecule has 1 amide bonds. The number of rotatable bonds is 3. The first kappa shape index (κ1) is 14.9. The highest BCUT2D eigenvalue weighted by molar-refractivity contribution is 7.98. The summed E-state index contributed by atoms with van der Waals surface area (Å²) in [6, 6.07) is 8.91. The summed E-state index contributed by atoms with van der Waals surface area (Å²) >= 11 is 1.75. The monoisotopic (exact) mass is 304 g/mol. The van der Waals surface area contributed by atoms with Crippen LogP contribution in [0.1, 0.15) is 44.8 Å². The molecule has 1 heterocycles. The van der Waals surface area contributed by atoms with E-state index < -0.39 is 0 Å². The van der Waals surface area contributed by atoms with Gasteiger partial charge in [0.1, 0.15) is 6.17 Å². The third-order valence-electron chi connectivity index (χ3n) is 4.80. The third kappa shape index (κ3) is 2.84. The van der Waals surface area contributed by atoms with Crippen molar-refractivity contribution in [2.24, 2.45) is 5.92 Å². The molecule has 2 fully saturated rings. The second kappa shape index (κ2) is 6.01. The molecule has 2 aliphatic rings. The van der Waals surface area contributed by atoms with Crippen molar-refractivity contribution in [1.82, 2.24) is 10.2 Å². The highest BCUT2D eigenvalue weighted by Gasteiger charge is 2.42. The maximum Gasteiger partial charge on any atom is 0.241 e. The Kier molecular flexibility index (Phi) is 4.27. The lowest BCUT2D eigenvalue weighted by atomic mass is 10.1. The van der Waals surface area contributed by atoms with Gasteiger partial charge in [-0.1, -0.05) is 19.1 Å². The lowest BCUT2D eigenvalue weighted by Crippen LogP contribution is -2.38. The van der Waals surface area contributed by atoms with Gasteiger partial charge in [-0.3, -0.25) is 10.1 Å². The molecule has 4 atom stereocenters. The van der Waals surface area contributed by atoms with Gasteiger partial charge in [-0.2, -0.15) is 0 Å². The number of hydrogen-bond acceptors (Lipinski definition) is 3. The standard InChI is InChI=1S/C17H24N2OS/c1-11-4-7-14(10-11)19-16(18-12(2)17(19)20)13-5-8-15(21-3)9-6-13/h5-6,8-9,11-12,14,16,18H,4,7,10H2,1-3H3. The minimum Gasteiger partial charge on any atom is -0.319 e. The molecule has 1 aliphatic heterocycles. The number of hydrogen-bond donors (Lipinski definition) is 1. The van der Waals surface area contributed by atoms with E-state index in [2.05, 4.69) is 47.7 Å². The van der Waals surface area contributed by atoms with Gasteiger partial charge < -0.3 is 4.90 Å². The van der Waals surface area contributed by atoms with E-state index in [0.717, 1.165) is 18.8 Å². The van der Waals surface area contributed by atoms with Crippen LogP contribution < -0.4 is 5.32 Å². The Morgan fingerprint density at radius 1 is 1.19 bits per heavy atom. The van der Waals surface area contributed by atoms with E-state index in [4.69, 9.17) is 0 Å². The van der Waals surface area contributed by atoms with E-state index in [9.17, 15) is 4.79 Å². The summed E-state index contributed by atoms with van der Waals surface area (Å²) in [6.45, 7) is 4.27. The molecular formula is C17H24N2OS. The van der Waals surface area contributed by atoms with Gasteiger partial charge in [-0.15, -0.1) is 11.8 Å². The fourth-order valence-electron chi connectivity index (χ4n) is 3.60. The summed E-state index contributed by atoms with van der Waals surface area (Å²) in [5.74, 6) is 0.992. The fourth-order valence-corrected chi connectivity index (χ4v) is 4.01. The largest absolute Gasteiger partial charge is 0.319 e. The van der Waals surface area contributed by atoms with Crippen LogP contribution in [0, 0.1) is 5.92 Å². The van der Waals surface area contributed by atoms with Crippen LogP contribution in [0.2, 0.25) is 0 Å². The smallest absolute Gasteiger partial charge is 0.241 e. The van der Waals surface area contributed by atoms with Gasteiger partial charge in [0.05, 0.1) is 6.04 Å². The molecule has 1 saturated carbocycles. The zero-order chi connectivity index (χ0) is 15.0. The molecule has 1 aromatic rings. The first-order valence-corrected chi connectivity index (χ1v) is 9.05. The number of amides is 1. The van der Waals surface area contributed by atoms with E-state index in [1.807, 2.05) is 6.92 Å². The van der Waals surface area contributed by atoms with E-state index >= 15 is 0 Å². The van der Waals surface area contributed by atoms with Gasteiger partial charge >= 0.3 is 0 Å². The topological polar surface area (TPSA) is 32.3 Å². The molecule has 21 heavy (non-hydrogen) atoms. The zero-order valence-corrected chi connectivity index (χ0v) is 13.8. The number of carbonyl (C=O) groups is 1. The summed E-state index contributed by atoms with van der Waals surface area (Å²) in [5, 5.41) is 3.47. The summed E-state index contributed by atoms with van der Waals surface area (Å²) < 4.78 is 0. The molecule has 4 unspecified atom stereocenters. The molecule has 0 bridgehead atoms. The maximum absolute atomic E-state index is 12.6. The molecule has 0 spiro atoms. The number of benzene rings is 1. The molecule has 3 rings (SSSR count). The predicted molar refractivity (Wildman–Crippen MR) is 87.2 cm³/mol. The molecular weight excluding hydrogens is 280 g/mol. The normalized spacial score (nSPS) is 32.9. The molecule has 0 aromatic heterocycles. The summed E-state index contributed by atoms with van der Waals surface area (Å²) in [5.41, 5.74) is 1.20. The number of nitrogens with one attached hydrogen (secondary N) is 1. The summed E-state index contributed by atoms with van der Waals surface area (Å²) in [4.78, 5) is 15.9. The van der Waals surface area contributed by atoms with Crippen LogP contribution in [0.15, 0.2) is 29.2 Å². The third-order valence-corrected chi connectivity index (χ3v) is 5.55. The summed E-state index contributed by atoms with van der Waals surface area (Å²) in [6.07, 6.45) is 5.64. The number of nitrogens with zero attached hydrogens (tertiary/aromatic N) is 1. The molecule has 0 radical (unpaired) electrons. The van der Waals surface area contributed by atoms with Crippen LogP contribution in [0.4, 0.5) is 0 Å². The Hall–Kier alpha value is -1.00. The van der Waals surface area contributed by atoms with Gasteiger partial charge in [-0.05, 0) is 56.1 Å². The average molecular weight is 304 g/mol. The van der Waals surface area contributed by atoms with Crippen molar-refractivity contribution in [3.8, 4) is 0 Å². The van der Waals surface area contributed by atoms with Crippen LogP contribution in [0.25, 0.3) is 0 Å². The zero-order valence-electron chi connectivity index (χ0n) is 13.0. The van der Waals surface area contributed by atoms with E-state index in [1.54, 1.807) is 11.8 Å². The minimum absolute atomic E-state index is 0.0405. The Bertz CT molecular complexity index is 516. The maximum atomic E-state index is 12.6. The Balaban J connectivity index is 1.85. The van der Waals surface area contributed by atoms with Gasteiger partial charge in [0.15, 0.2) is 0 Å². The van der Waals surface area contributed by atoms with Crippen LogP contribution in [0.5, 0.6) is 0 Å². The molecule has 1 saturated heterocycles. The van der Waals surface area contributed by atoms with Crippen LogP contribution >= 0.6 is 11.8 Å². The van der Waals surface area contributed by atoms with Crippen LogP contribution in [-0.4, -0.2) is 29.1 Å². The predicted octanol–water partition coefficient (Wildman–Crippen LogP) is 3.42. The highest BCUT2D eigenvalue weighted by Crippen LogP contribution is 2.36. The minimum atomic E-state index is -0.0777.